The Morgan fingerprint density at radius 2 is 1.29 bits per heavy atom. The first kappa shape index (κ1) is 25.3. The molecule has 1 atom stereocenters. The lowest BCUT2D eigenvalue weighted by Crippen LogP contribution is -2.34. The standard InChI is InChI=1S/C33H28N2O2S/c1-2-31(33(37)35(28-13-5-3-6-14-28)29-15-7-4-8-16-29)38-30-21-19-27(20-22-30)34-32(36)26-18-17-24-11-9-10-12-25(24)23-26/h3-23,31H,2H2,1H3,(H,34,36). The van der Waals surface area contributed by atoms with Crippen molar-refractivity contribution in [2.75, 3.05) is 10.2 Å². The van der Waals surface area contributed by atoms with Gasteiger partial charge in [-0.2, -0.15) is 0 Å². The van der Waals surface area contributed by atoms with Crippen LogP contribution in [0.3, 0.4) is 0 Å². The van der Waals surface area contributed by atoms with E-state index in [4.69, 9.17) is 0 Å². The van der Waals surface area contributed by atoms with E-state index in [9.17, 15) is 9.59 Å². The second kappa shape index (κ2) is 11.8. The molecule has 0 spiro atoms. The molecule has 2 amide bonds. The summed E-state index contributed by atoms with van der Waals surface area (Å²) in [5.74, 6) is -0.122. The topological polar surface area (TPSA) is 49.4 Å². The molecule has 0 aliphatic carbocycles. The summed E-state index contributed by atoms with van der Waals surface area (Å²) in [6, 6.07) is 40.8. The van der Waals surface area contributed by atoms with Crippen LogP contribution in [-0.2, 0) is 4.79 Å². The van der Waals surface area contributed by atoms with E-state index in [1.807, 2.05) is 134 Å². The molecule has 0 heterocycles. The minimum absolute atomic E-state index is 0.0311. The van der Waals surface area contributed by atoms with Crippen LogP contribution in [-0.4, -0.2) is 17.1 Å². The number of para-hydroxylation sites is 2. The van der Waals surface area contributed by atoms with Crippen LogP contribution in [0.1, 0.15) is 23.7 Å². The highest BCUT2D eigenvalue weighted by Gasteiger charge is 2.26. The maximum atomic E-state index is 13.8. The molecule has 0 aromatic heterocycles. The van der Waals surface area contributed by atoms with Crippen molar-refractivity contribution < 1.29 is 9.59 Å². The molecule has 1 unspecified atom stereocenters. The summed E-state index contributed by atoms with van der Waals surface area (Å²) < 4.78 is 0. The highest BCUT2D eigenvalue weighted by molar-refractivity contribution is 8.00. The van der Waals surface area contributed by atoms with Gasteiger partial charge in [-0.3, -0.25) is 14.5 Å². The van der Waals surface area contributed by atoms with Crippen LogP contribution in [0.15, 0.2) is 132 Å². The van der Waals surface area contributed by atoms with Crippen LogP contribution in [0.25, 0.3) is 10.8 Å². The quantitative estimate of drug-likeness (QED) is 0.211. The second-order valence-corrected chi connectivity index (χ2v) is 10.2. The Bertz CT molecular complexity index is 1500. The molecular formula is C33H28N2O2S. The van der Waals surface area contributed by atoms with Crippen molar-refractivity contribution in [1.29, 1.82) is 0 Å². The number of hydrogen-bond donors (Lipinski definition) is 1. The lowest BCUT2D eigenvalue weighted by atomic mass is 10.1. The first-order valence-corrected chi connectivity index (χ1v) is 13.5. The Labute approximate surface area is 227 Å². The molecule has 0 aliphatic heterocycles. The number of nitrogens with zero attached hydrogens (tertiary/aromatic N) is 1. The minimum atomic E-state index is -0.270. The van der Waals surface area contributed by atoms with Gasteiger partial charge in [-0.25, -0.2) is 0 Å². The van der Waals surface area contributed by atoms with Gasteiger partial charge in [-0.1, -0.05) is 73.7 Å². The zero-order valence-corrected chi connectivity index (χ0v) is 21.9. The molecule has 0 saturated carbocycles. The third-order valence-electron chi connectivity index (χ3n) is 6.30. The monoisotopic (exact) mass is 516 g/mol. The smallest absolute Gasteiger partial charge is 0.255 e. The maximum Gasteiger partial charge on any atom is 0.255 e. The van der Waals surface area contributed by atoms with Crippen LogP contribution in [0, 0.1) is 0 Å². The molecule has 38 heavy (non-hydrogen) atoms. The van der Waals surface area contributed by atoms with E-state index < -0.39 is 0 Å². The first-order valence-electron chi connectivity index (χ1n) is 12.6. The van der Waals surface area contributed by atoms with E-state index >= 15 is 0 Å². The van der Waals surface area contributed by atoms with E-state index in [1.165, 1.54) is 11.8 Å². The van der Waals surface area contributed by atoms with Crippen molar-refractivity contribution in [1.82, 2.24) is 0 Å². The molecule has 5 rings (SSSR count). The minimum Gasteiger partial charge on any atom is -0.322 e. The van der Waals surface area contributed by atoms with Gasteiger partial charge in [0.2, 0.25) is 5.91 Å². The Morgan fingerprint density at radius 1 is 0.711 bits per heavy atom. The Morgan fingerprint density at radius 3 is 1.89 bits per heavy atom. The number of anilines is 3. The van der Waals surface area contributed by atoms with Gasteiger partial charge in [0.05, 0.1) is 5.25 Å². The van der Waals surface area contributed by atoms with Crippen molar-refractivity contribution in [3.05, 3.63) is 133 Å². The number of thioether (sulfide) groups is 1. The van der Waals surface area contributed by atoms with Crippen LogP contribution in [0.4, 0.5) is 17.1 Å². The summed E-state index contributed by atoms with van der Waals surface area (Å²) in [4.78, 5) is 29.4. The third-order valence-corrected chi connectivity index (χ3v) is 7.66. The van der Waals surface area contributed by atoms with Gasteiger partial charge in [0.1, 0.15) is 0 Å². The normalized spacial score (nSPS) is 11.6. The lowest BCUT2D eigenvalue weighted by Gasteiger charge is -2.27. The molecule has 1 N–H and O–H groups in total. The summed E-state index contributed by atoms with van der Waals surface area (Å²) in [5, 5.41) is 4.84. The molecule has 188 valence electrons. The lowest BCUT2D eigenvalue weighted by molar-refractivity contribution is -0.117. The number of carbonyl (C=O) groups excluding carboxylic acids is 2. The Hall–Kier alpha value is -4.35. The Balaban J connectivity index is 1.29. The molecule has 0 aliphatic rings. The molecule has 4 nitrogen and oxygen atoms in total. The zero-order valence-electron chi connectivity index (χ0n) is 21.1. The summed E-state index contributed by atoms with van der Waals surface area (Å²) in [7, 11) is 0. The van der Waals surface area contributed by atoms with Crippen LogP contribution in [0.2, 0.25) is 0 Å². The molecule has 5 heteroatoms. The van der Waals surface area contributed by atoms with E-state index in [0.29, 0.717) is 17.7 Å². The fourth-order valence-corrected chi connectivity index (χ4v) is 5.32. The van der Waals surface area contributed by atoms with Crippen molar-refractivity contribution in [3.8, 4) is 0 Å². The summed E-state index contributed by atoms with van der Waals surface area (Å²) in [6.45, 7) is 2.03. The zero-order chi connectivity index (χ0) is 26.3. The largest absolute Gasteiger partial charge is 0.322 e. The van der Waals surface area contributed by atoms with E-state index in [0.717, 1.165) is 27.0 Å². The van der Waals surface area contributed by atoms with E-state index in [1.54, 1.807) is 4.90 Å². The fourth-order valence-electron chi connectivity index (χ4n) is 4.32. The number of amides is 2. The van der Waals surface area contributed by atoms with Crippen LogP contribution < -0.4 is 10.2 Å². The van der Waals surface area contributed by atoms with Gasteiger partial charge in [-0.15, -0.1) is 11.8 Å². The summed E-state index contributed by atoms with van der Waals surface area (Å²) >= 11 is 1.54. The Kier molecular flexibility index (Phi) is 7.86. The van der Waals surface area contributed by atoms with Gasteiger partial charge >= 0.3 is 0 Å². The van der Waals surface area contributed by atoms with Gasteiger partial charge in [-0.05, 0) is 77.9 Å². The van der Waals surface area contributed by atoms with E-state index in [-0.39, 0.29) is 17.1 Å². The van der Waals surface area contributed by atoms with E-state index in [2.05, 4.69) is 5.32 Å². The average molecular weight is 517 g/mol. The maximum absolute atomic E-state index is 13.8. The predicted octanol–water partition coefficient (Wildman–Crippen LogP) is 8.33. The number of carbonyl (C=O) groups is 2. The number of rotatable bonds is 8. The van der Waals surface area contributed by atoms with Crippen LogP contribution >= 0.6 is 11.8 Å². The van der Waals surface area contributed by atoms with Gasteiger partial charge < -0.3 is 5.32 Å². The van der Waals surface area contributed by atoms with Crippen molar-refractivity contribution in [3.63, 3.8) is 0 Å². The number of hydrogen-bond acceptors (Lipinski definition) is 3. The summed E-state index contributed by atoms with van der Waals surface area (Å²) in [6.07, 6.45) is 0.681. The van der Waals surface area contributed by atoms with Gasteiger partial charge in [0, 0.05) is 27.5 Å². The second-order valence-electron chi connectivity index (χ2n) is 8.90. The molecule has 0 bridgehead atoms. The third kappa shape index (κ3) is 5.79. The van der Waals surface area contributed by atoms with Gasteiger partial charge in [0.25, 0.3) is 5.91 Å². The summed E-state index contributed by atoms with van der Waals surface area (Å²) in [5.41, 5.74) is 3.01. The van der Waals surface area contributed by atoms with Crippen LogP contribution in [0.5, 0.6) is 0 Å². The molecule has 5 aromatic rings. The fraction of sp³-hybridized carbons (Fsp3) is 0.0909. The molecule has 0 fully saturated rings. The molecular weight excluding hydrogens is 488 g/mol. The number of fused-ring (bicyclic) bond motifs is 1. The van der Waals surface area contributed by atoms with Crippen molar-refractivity contribution >= 4 is 51.4 Å². The van der Waals surface area contributed by atoms with Crippen molar-refractivity contribution in [2.45, 2.75) is 23.5 Å². The predicted molar refractivity (Wildman–Crippen MR) is 158 cm³/mol. The highest BCUT2D eigenvalue weighted by atomic mass is 32.2. The first-order chi connectivity index (χ1) is 18.6. The highest BCUT2D eigenvalue weighted by Crippen LogP contribution is 2.33. The van der Waals surface area contributed by atoms with Crippen molar-refractivity contribution in [2.24, 2.45) is 0 Å². The molecule has 0 radical (unpaired) electrons. The molecule has 5 aromatic carbocycles. The van der Waals surface area contributed by atoms with Gasteiger partial charge in [0.15, 0.2) is 0 Å². The number of nitrogens with one attached hydrogen (secondary N) is 1. The number of benzene rings is 5. The average Bonchev–Trinajstić information content (AvgIpc) is 2.97. The SMILES string of the molecule is CCC(Sc1ccc(NC(=O)c2ccc3ccccc3c2)cc1)C(=O)N(c1ccccc1)c1ccccc1. The molecule has 0 saturated heterocycles.